The van der Waals surface area contributed by atoms with Crippen molar-refractivity contribution in [2.75, 3.05) is 5.32 Å². The van der Waals surface area contributed by atoms with Crippen molar-refractivity contribution < 1.29 is 12.8 Å². The van der Waals surface area contributed by atoms with E-state index >= 15 is 0 Å². The highest BCUT2D eigenvalue weighted by Crippen LogP contribution is 2.14. The molecule has 100 valence electrons. The molecule has 0 heterocycles. The Morgan fingerprint density at radius 1 is 1.05 bits per heavy atom. The first-order valence-electron chi connectivity index (χ1n) is 5.57. The lowest BCUT2D eigenvalue weighted by molar-refractivity contribution is 0.598. The highest BCUT2D eigenvalue weighted by molar-refractivity contribution is 7.89. The number of rotatable bonds is 4. The second kappa shape index (κ2) is 5.38. The highest BCUT2D eigenvalue weighted by atomic mass is 32.2. The summed E-state index contributed by atoms with van der Waals surface area (Å²) in [4.78, 5) is 0.0453. The van der Waals surface area contributed by atoms with Crippen molar-refractivity contribution in [2.45, 2.75) is 11.4 Å². The zero-order valence-electron chi connectivity index (χ0n) is 10.0. The molecule has 0 spiro atoms. The average molecular weight is 280 g/mol. The molecule has 0 bridgehead atoms. The summed E-state index contributed by atoms with van der Waals surface area (Å²) < 4.78 is 35.5. The van der Waals surface area contributed by atoms with Crippen LogP contribution in [-0.4, -0.2) is 8.42 Å². The Bertz CT molecular complexity index is 669. The van der Waals surface area contributed by atoms with E-state index in [1.165, 1.54) is 18.2 Å². The average Bonchev–Trinajstić information content (AvgIpc) is 2.37. The van der Waals surface area contributed by atoms with Crippen LogP contribution in [0.25, 0.3) is 0 Å². The number of benzene rings is 2. The molecular weight excluding hydrogens is 267 g/mol. The molecule has 4 nitrogen and oxygen atoms in total. The Morgan fingerprint density at radius 3 is 2.26 bits per heavy atom. The van der Waals surface area contributed by atoms with Gasteiger partial charge in [-0.3, -0.25) is 0 Å². The van der Waals surface area contributed by atoms with Gasteiger partial charge in [-0.1, -0.05) is 18.2 Å². The van der Waals surface area contributed by atoms with Crippen LogP contribution in [0, 0.1) is 5.82 Å². The van der Waals surface area contributed by atoms with Gasteiger partial charge in [-0.05, 0) is 30.3 Å². The van der Waals surface area contributed by atoms with E-state index in [2.05, 4.69) is 5.32 Å². The second-order valence-electron chi connectivity index (χ2n) is 4.01. The van der Waals surface area contributed by atoms with Crippen molar-refractivity contribution >= 4 is 15.7 Å². The van der Waals surface area contributed by atoms with E-state index in [0.29, 0.717) is 17.8 Å². The van der Waals surface area contributed by atoms with Crippen molar-refractivity contribution in [3.05, 3.63) is 59.9 Å². The Morgan fingerprint density at radius 2 is 1.68 bits per heavy atom. The minimum Gasteiger partial charge on any atom is -0.381 e. The largest absolute Gasteiger partial charge is 0.381 e. The van der Waals surface area contributed by atoms with Gasteiger partial charge in [0.25, 0.3) is 0 Å². The van der Waals surface area contributed by atoms with E-state index in [1.807, 2.05) is 0 Å². The molecule has 0 unspecified atom stereocenters. The third kappa shape index (κ3) is 3.52. The molecule has 0 fully saturated rings. The lowest BCUT2D eigenvalue weighted by Gasteiger charge is -2.07. The summed E-state index contributed by atoms with van der Waals surface area (Å²) in [5.41, 5.74) is 1.23. The highest BCUT2D eigenvalue weighted by Gasteiger charge is 2.06. The van der Waals surface area contributed by atoms with Gasteiger partial charge in [0, 0.05) is 17.8 Å². The summed E-state index contributed by atoms with van der Waals surface area (Å²) in [6.07, 6.45) is 0. The van der Waals surface area contributed by atoms with Crippen LogP contribution < -0.4 is 10.5 Å². The normalized spacial score (nSPS) is 11.3. The van der Waals surface area contributed by atoms with Crippen LogP contribution in [0.2, 0.25) is 0 Å². The molecule has 0 atom stereocenters. The maximum Gasteiger partial charge on any atom is 0.238 e. The summed E-state index contributed by atoms with van der Waals surface area (Å²) in [7, 11) is -3.68. The van der Waals surface area contributed by atoms with Crippen molar-refractivity contribution in [1.29, 1.82) is 0 Å². The second-order valence-corrected chi connectivity index (χ2v) is 5.58. The number of hydrogen-bond acceptors (Lipinski definition) is 3. The van der Waals surface area contributed by atoms with E-state index in [0.717, 1.165) is 0 Å². The van der Waals surface area contributed by atoms with Gasteiger partial charge >= 0.3 is 0 Å². The molecule has 0 aliphatic heterocycles. The molecule has 0 aliphatic rings. The predicted molar refractivity (Wildman–Crippen MR) is 71.5 cm³/mol. The summed E-state index contributed by atoms with van der Waals surface area (Å²) in [5, 5.41) is 8.00. The first-order valence-corrected chi connectivity index (χ1v) is 7.11. The summed E-state index contributed by atoms with van der Waals surface area (Å²) in [6.45, 7) is 0.321. The van der Waals surface area contributed by atoms with Gasteiger partial charge in [0.1, 0.15) is 5.82 Å². The molecule has 2 aromatic carbocycles. The number of hydrogen-bond donors (Lipinski definition) is 2. The molecule has 3 N–H and O–H groups in total. The molecule has 0 aliphatic carbocycles. The molecule has 0 amide bonds. The SMILES string of the molecule is NS(=O)(=O)c1ccc(NCc2ccccc2F)cc1. The first kappa shape index (κ1) is 13.5. The molecular formula is C13H13FN2O2S. The fraction of sp³-hybridized carbons (Fsp3) is 0.0769. The number of halogens is 1. The number of anilines is 1. The number of nitrogens with two attached hydrogens (primary N) is 1. The van der Waals surface area contributed by atoms with Crippen LogP contribution in [0.4, 0.5) is 10.1 Å². The fourth-order valence-electron chi connectivity index (χ4n) is 1.60. The number of sulfonamides is 1. The van der Waals surface area contributed by atoms with E-state index in [4.69, 9.17) is 5.14 Å². The topological polar surface area (TPSA) is 72.2 Å². The van der Waals surface area contributed by atoms with Crippen LogP contribution >= 0.6 is 0 Å². The standard InChI is InChI=1S/C13H13FN2O2S/c14-13-4-2-1-3-10(13)9-16-11-5-7-12(8-6-11)19(15,17)18/h1-8,16H,9H2,(H2,15,17,18). The van der Waals surface area contributed by atoms with Gasteiger partial charge in [-0.15, -0.1) is 0 Å². The van der Waals surface area contributed by atoms with Crippen LogP contribution in [0.15, 0.2) is 53.4 Å². The van der Waals surface area contributed by atoms with E-state index in [9.17, 15) is 12.8 Å². The quantitative estimate of drug-likeness (QED) is 0.900. The Hall–Kier alpha value is -1.92. The molecule has 2 aromatic rings. The van der Waals surface area contributed by atoms with Crippen LogP contribution in [0.1, 0.15) is 5.56 Å². The van der Waals surface area contributed by atoms with Gasteiger partial charge in [0.05, 0.1) is 4.90 Å². The number of nitrogens with one attached hydrogen (secondary N) is 1. The van der Waals surface area contributed by atoms with Crippen molar-refractivity contribution in [3.8, 4) is 0 Å². The molecule has 0 saturated carbocycles. The van der Waals surface area contributed by atoms with Crippen LogP contribution in [0.3, 0.4) is 0 Å². The lowest BCUT2D eigenvalue weighted by atomic mass is 10.2. The maximum absolute atomic E-state index is 13.4. The summed E-state index contributed by atoms with van der Waals surface area (Å²) in [5.74, 6) is -0.281. The zero-order valence-corrected chi connectivity index (χ0v) is 10.8. The van der Waals surface area contributed by atoms with Crippen LogP contribution in [-0.2, 0) is 16.6 Å². The third-order valence-electron chi connectivity index (χ3n) is 2.62. The molecule has 2 rings (SSSR count). The van der Waals surface area contributed by atoms with Crippen molar-refractivity contribution in [3.63, 3.8) is 0 Å². The van der Waals surface area contributed by atoms with Gasteiger partial charge in [0.15, 0.2) is 0 Å². The lowest BCUT2D eigenvalue weighted by Crippen LogP contribution is -2.12. The summed E-state index contributed by atoms with van der Waals surface area (Å²) in [6, 6.07) is 12.4. The van der Waals surface area contributed by atoms with Gasteiger partial charge in [0.2, 0.25) is 10.0 Å². The molecule has 0 aromatic heterocycles. The summed E-state index contributed by atoms with van der Waals surface area (Å²) >= 11 is 0. The van der Waals surface area contributed by atoms with E-state index in [1.54, 1.807) is 30.3 Å². The molecule has 19 heavy (non-hydrogen) atoms. The minimum atomic E-state index is -3.68. The predicted octanol–water partition coefficient (Wildman–Crippen LogP) is 2.09. The van der Waals surface area contributed by atoms with Gasteiger partial charge < -0.3 is 5.32 Å². The monoisotopic (exact) mass is 280 g/mol. The van der Waals surface area contributed by atoms with Crippen LogP contribution in [0.5, 0.6) is 0 Å². The van der Waals surface area contributed by atoms with Crippen molar-refractivity contribution in [1.82, 2.24) is 0 Å². The maximum atomic E-state index is 13.4. The molecule has 6 heteroatoms. The Kier molecular flexibility index (Phi) is 3.82. The van der Waals surface area contributed by atoms with Crippen molar-refractivity contribution in [2.24, 2.45) is 5.14 Å². The Balaban J connectivity index is 2.07. The third-order valence-corrected chi connectivity index (χ3v) is 3.55. The first-order chi connectivity index (χ1) is 8.97. The molecule has 0 saturated heterocycles. The number of primary sulfonamides is 1. The van der Waals surface area contributed by atoms with E-state index < -0.39 is 10.0 Å². The zero-order chi connectivity index (χ0) is 13.9. The van der Waals surface area contributed by atoms with Gasteiger partial charge in [-0.25, -0.2) is 17.9 Å². The smallest absolute Gasteiger partial charge is 0.238 e. The Labute approximate surface area is 111 Å². The van der Waals surface area contributed by atoms with E-state index in [-0.39, 0.29) is 10.7 Å². The van der Waals surface area contributed by atoms with Gasteiger partial charge in [-0.2, -0.15) is 0 Å². The molecule has 0 radical (unpaired) electrons. The minimum absolute atomic E-state index is 0.0453. The fourth-order valence-corrected chi connectivity index (χ4v) is 2.12.